The summed E-state index contributed by atoms with van der Waals surface area (Å²) < 4.78 is 12.1. The quantitative estimate of drug-likeness (QED) is 0.648. The molecule has 1 amide bonds. The fourth-order valence-corrected chi connectivity index (χ4v) is 3.15. The second-order valence-corrected chi connectivity index (χ2v) is 6.59. The van der Waals surface area contributed by atoms with Gasteiger partial charge >= 0.3 is 0 Å². The van der Waals surface area contributed by atoms with Crippen molar-refractivity contribution in [3.8, 4) is 11.5 Å². The number of aryl methyl sites for hydroxylation is 2. The lowest BCUT2D eigenvalue weighted by atomic mass is 10.1. The smallest absolute Gasteiger partial charge is 0.255 e. The van der Waals surface area contributed by atoms with Gasteiger partial charge in [0.25, 0.3) is 5.91 Å². The molecule has 0 aliphatic rings. The summed E-state index contributed by atoms with van der Waals surface area (Å²) >= 11 is 2.17. The summed E-state index contributed by atoms with van der Waals surface area (Å²) in [6.07, 6.45) is 0. The summed E-state index contributed by atoms with van der Waals surface area (Å²) in [5.74, 6) is 1.11. The molecule has 2 rings (SSSR count). The Bertz CT molecular complexity index is 744. The molecule has 0 saturated heterocycles. The van der Waals surface area contributed by atoms with Crippen molar-refractivity contribution in [2.75, 3.05) is 18.5 Å². The van der Waals surface area contributed by atoms with E-state index in [0.717, 1.165) is 14.8 Å². The Labute approximate surface area is 156 Å². The van der Waals surface area contributed by atoms with Gasteiger partial charge < -0.3 is 14.8 Å². The molecular weight excluding hydrogens is 417 g/mol. The lowest BCUT2D eigenvalue weighted by molar-refractivity contribution is 0.102. The Hall–Kier alpha value is -1.76. The Kier molecular flexibility index (Phi) is 6.48. The van der Waals surface area contributed by atoms with Crippen molar-refractivity contribution in [1.82, 2.24) is 0 Å². The number of carbonyl (C=O) groups excluding carboxylic acids is 1. The summed E-state index contributed by atoms with van der Waals surface area (Å²) in [5.41, 5.74) is 3.56. The minimum absolute atomic E-state index is 0.163. The number of nitrogens with one attached hydrogen (secondary N) is 1. The standard InChI is InChI=1S/C19H22INO3/c1-5-23-17-11-14(10-15(20)18(17)24-6-2)19(22)21-16-8-7-12(3)9-13(16)4/h7-11H,5-6H2,1-4H3,(H,21,22). The zero-order valence-corrected chi connectivity index (χ0v) is 16.6. The van der Waals surface area contributed by atoms with Crippen LogP contribution in [0.25, 0.3) is 0 Å². The van der Waals surface area contributed by atoms with E-state index in [2.05, 4.69) is 27.9 Å². The number of anilines is 1. The first kappa shape index (κ1) is 18.6. The number of rotatable bonds is 6. The molecule has 0 aromatic heterocycles. The molecule has 2 aromatic carbocycles. The van der Waals surface area contributed by atoms with Gasteiger partial charge in [0, 0.05) is 11.3 Å². The molecule has 1 N–H and O–H groups in total. The Morgan fingerprint density at radius 1 is 1.08 bits per heavy atom. The summed E-state index contributed by atoms with van der Waals surface area (Å²) in [7, 11) is 0. The molecule has 0 aliphatic carbocycles. The van der Waals surface area contributed by atoms with Crippen LogP contribution in [-0.4, -0.2) is 19.1 Å². The minimum Gasteiger partial charge on any atom is -0.490 e. The molecule has 0 atom stereocenters. The van der Waals surface area contributed by atoms with E-state index >= 15 is 0 Å². The van der Waals surface area contributed by atoms with E-state index in [1.807, 2.05) is 52.0 Å². The second-order valence-electron chi connectivity index (χ2n) is 5.42. The van der Waals surface area contributed by atoms with Crippen molar-refractivity contribution in [3.63, 3.8) is 0 Å². The van der Waals surface area contributed by atoms with Crippen molar-refractivity contribution in [2.45, 2.75) is 27.7 Å². The van der Waals surface area contributed by atoms with Gasteiger partial charge in [-0.15, -0.1) is 0 Å². The molecule has 128 valence electrons. The fourth-order valence-electron chi connectivity index (χ4n) is 2.39. The van der Waals surface area contributed by atoms with E-state index in [1.54, 1.807) is 6.07 Å². The average Bonchev–Trinajstić information content (AvgIpc) is 2.53. The maximum absolute atomic E-state index is 12.6. The van der Waals surface area contributed by atoms with Gasteiger partial charge in [0.1, 0.15) is 0 Å². The van der Waals surface area contributed by atoms with E-state index in [0.29, 0.717) is 30.3 Å². The molecule has 5 heteroatoms. The van der Waals surface area contributed by atoms with Crippen LogP contribution in [0.15, 0.2) is 30.3 Å². The third kappa shape index (κ3) is 4.41. The second kappa shape index (κ2) is 8.37. The molecule has 0 heterocycles. The Morgan fingerprint density at radius 3 is 2.42 bits per heavy atom. The SMILES string of the molecule is CCOc1cc(C(=O)Nc2ccc(C)cc2C)cc(I)c1OCC. The van der Waals surface area contributed by atoms with Crippen LogP contribution < -0.4 is 14.8 Å². The molecule has 0 aliphatic heterocycles. The number of amides is 1. The number of ether oxygens (including phenoxy) is 2. The van der Waals surface area contributed by atoms with Crippen LogP contribution in [0.2, 0.25) is 0 Å². The molecule has 0 radical (unpaired) electrons. The van der Waals surface area contributed by atoms with Gasteiger partial charge in [-0.05, 0) is 74.0 Å². The fraction of sp³-hybridized carbons (Fsp3) is 0.316. The monoisotopic (exact) mass is 439 g/mol. The molecule has 4 nitrogen and oxygen atoms in total. The third-order valence-electron chi connectivity index (χ3n) is 3.49. The first-order chi connectivity index (χ1) is 11.5. The highest BCUT2D eigenvalue weighted by atomic mass is 127. The number of halogens is 1. The summed E-state index contributed by atoms with van der Waals surface area (Å²) in [5, 5.41) is 2.96. The molecule has 24 heavy (non-hydrogen) atoms. The molecule has 0 saturated carbocycles. The normalized spacial score (nSPS) is 10.4. The predicted molar refractivity (Wildman–Crippen MR) is 105 cm³/mol. The maximum atomic E-state index is 12.6. The average molecular weight is 439 g/mol. The molecule has 2 aromatic rings. The van der Waals surface area contributed by atoms with Gasteiger partial charge in [-0.3, -0.25) is 4.79 Å². The van der Waals surface area contributed by atoms with Crippen LogP contribution >= 0.6 is 22.6 Å². The molecule has 0 spiro atoms. The summed E-state index contributed by atoms with van der Waals surface area (Å²) in [6.45, 7) is 8.90. The van der Waals surface area contributed by atoms with E-state index in [9.17, 15) is 4.79 Å². The first-order valence-electron chi connectivity index (χ1n) is 7.94. The van der Waals surface area contributed by atoms with Crippen LogP contribution in [0.5, 0.6) is 11.5 Å². The number of carbonyl (C=O) groups is 1. The molecule has 0 fully saturated rings. The molecular formula is C19H22INO3. The zero-order valence-electron chi connectivity index (χ0n) is 14.4. The van der Waals surface area contributed by atoms with Crippen molar-refractivity contribution >= 4 is 34.2 Å². The lowest BCUT2D eigenvalue weighted by Crippen LogP contribution is -2.14. The van der Waals surface area contributed by atoms with Crippen molar-refractivity contribution < 1.29 is 14.3 Å². The summed E-state index contributed by atoms with van der Waals surface area (Å²) in [4.78, 5) is 12.6. The lowest BCUT2D eigenvalue weighted by Gasteiger charge is -2.15. The largest absolute Gasteiger partial charge is 0.490 e. The van der Waals surface area contributed by atoms with Gasteiger partial charge in [-0.25, -0.2) is 0 Å². The van der Waals surface area contributed by atoms with Crippen molar-refractivity contribution in [2.24, 2.45) is 0 Å². The van der Waals surface area contributed by atoms with Gasteiger partial charge in [0.2, 0.25) is 0 Å². The minimum atomic E-state index is -0.163. The van der Waals surface area contributed by atoms with Crippen LogP contribution in [0.4, 0.5) is 5.69 Å². The Balaban J connectivity index is 2.31. The Morgan fingerprint density at radius 2 is 1.79 bits per heavy atom. The van der Waals surface area contributed by atoms with E-state index in [-0.39, 0.29) is 5.91 Å². The maximum Gasteiger partial charge on any atom is 0.255 e. The van der Waals surface area contributed by atoms with Gasteiger partial charge in [0.15, 0.2) is 11.5 Å². The highest BCUT2D eigenvalue weighted by Gasteiger charge is 2.16. The van der Waals surface area contributed by atoms with Gasteiger partial charge in [0.05, 0.1) is 16.8 Å². The number of hydrogen-bond acceptors (Lipinski definition) is 3. The van der Waals surface area contributed by atoms with Gasteiger partial charge in [-0.2, -0.15) is 0 Å². The highest BCUT2D eigenvalue weighted by molar-refractivity contribution is 14.1. The zero-order chi connectivity index (χ0) is 17.7. The first-order valence-corrected chi connectivity index (χ1v) is 9.01. The highest BCUT2D eigenvalue weighted by Crippen LogP contribution is 2.34. The number of hydrogen-bond donors (Lipinski definition) is 1. The molecule has 0 unspecified atom stereocenters. The summed E-state index contributed by atoms with van der Waals surface area (Å²) in [6, 6.07) is 9.49. The van der Waals surface area contributed by atoms with Crippen LogP contribution in [0, 0.1) is 17.4 Å². The number of benzene rings is 2. The van der Waals surface area contributed by atoms with Gasteiger partial charge in [-0.1, -0.05) is 17.7 Å². The van der Waals surface area contributed by atoms with Crippen molar-refractivity contribution in [1.29, 1.82) is 0 Å². The van der Waals surface area contributed by atoms with E-state index in [1.165, 1.54) is 5.56 Å². The predicted octanol–water partition coefficient (Wildman–Crippen LogP) is 4.96. The third-order valence-corrected chi connectivity index (χ3v) is 4.29. The topological polar surface area (TPSA) is 47.6 Å². The molecule has 0 bridgehead atoms. The van der Waals surface area contributed by atoms with Crippen LogP contribution in [0.3, 0.4) is 0 Å². The van der Waals surface area contributed by atoms with E-state index < -0.39 is 0 Å². The van der Waals surface area contributed by atoms with E-state index in [4.69, 9.17) is 9.47 Å². The van der Waals surface area contributed by atoms with Crippen LogP contribution in [-0.2, 0) is 0 Å². The van der Waals surface area contributed by atoms with Crippen molar-refractivity contribution in [3.05, 3.63) is 50.6 Å². The van der Waals surface area contributed by atoms with Crippen LogP contribution in [0.1, 0.15) is 35.3 Å².